The van der Waals surface area contributed by atoms with Crippen molar-refractivity contribution in [2.45, 2.75) is 44.2 Å². The summed E-state index contributed by atoms with van der Waals surface area (Å²) < 4.78 is 10.2. The molecule has 10 nitrogen and oxygen atoms in total. The van der Waals surface area contributed by atoms with Gasteiger partial charge in [-0.05, 0) is 43.4 Å². The van der Waals surface area contributed by atoms with Crippen LogP contribution in [-0.2, 0) is 19.1 Å². The molecule has 10 heteroatoms. The molecular weight excluding hydrogens is 440 g/mol. The Morgan fingerprint density at radius 1 is 1.09 bits per heavy atom. The molecule has 1 saturated carbocycles. The number of methoxy groups -OCH3 is 2. The minimum Gasteiger partial charge on any atom is -0.496 e. The van der Waals surface area contributed by atoms with E-state index in [2.05, 4.69) is 20.9 Å². The van der Waals surface area contributed by atoms with Crippen molar-refractivity contribution in [1.29, 1.82) is 0 Å². The van der Waals surface area contributed by atoms with Gasteiger partial charge in [-0.3, -0.25) is 14.4 Å². The maximum atomic E-state index is 13.2. The zero-order chi connectivity index (χ0) is 24.2. The lowest BCUT2D eigenvalue weighted by Crippen LogP contribution is -2.52. The topological polar surface area (TPSA) is 139 Å². The van der Waals surface area contributed by atoms with Crippen molar-refractivity contribution in [3.05, 3.63) is 30.0 Å². The van der Waals surface area contributed by atoms with E-state index < -0.39 is 29.9 Å². The van der Waals surface area contributed by atoms with Crippen molar-refractivity contribution < 1.29 is 28.7 Å². The van der Waals surface area contributed by atoms with Crippen molar-refractivity contribution in [3.8, 4) is 5.75 Å². The molecule has 2 fully saturated rings. The van der Waals surface area contributed by atoms with E-state index in [4.69, 9.17) is 9.47 Å². The molecule has 1 saturated heterocycles. The van der Waals surface area contributed by atoms with Gasteiger partial charge in [-0.15, -0.1) is 0 Å². The number of carbonyl (C=O) groups excluding carboxylic acids is 4. The number of esters is 1. The Hall–Kier alpha value is -3.56. The summed E-state index contributed by atoms with van der Waals surface area (Å²) in [7, 11) is 2.80. The maximum Gasteiger partial charge on any atom is 0.328 e. The Balaban J connectivity index is 1.47. The standard InChI is InChI=1S/C24H30N4O6/c1-33-20-5-3-4-16-15(20)12-18(26-16)23(31)27-17(10-13-6-7-13)22(30)28-19(24(32)34-2)11-14-8-9-25-21(14)29/h3-5,12-14,17,19,26H,6-11H2,1-2H3,(H,25,29)(H,27,31)(H,28,30)/t14-,17?,19?/m0/s1. The van der Waals surface area contributed by atoms with Crippen LogP contribution in [-0.4, -0.2) is 61.5 Å². The number of nitrogens with one attached hydrogen (secondary N) is 4. The van der Waals surface area contributed by atoms with Crippen LogP contribution in [0.2, 0.25) is 0 Å². The Morgan fingerprint density at radius 2 is 1.88 bits per heavy atom. The maximum absolute atomic E-state index is 13.2. The fourth-order valence-corrected chi connectivity index (χ4v) is 4.37. The number of aromatic nitrogens is 1. The van der Waals surface area contributed by atoms with Crippen molar-refractivity contribution in [3.63, 3.8) is 0 Å². The summed E-state index contributed by atoms with van der Waals surface area (Å²) in [5, 5.41) is 9.02. The lowest BCUT2D eigenvalue weighted by Gasteiger charge is -2.23. The van der Waals surface area contributed by atoms with Gasteiger partial charge in [-0.2, -0.15) is 0 Å². The number of rotatable bonds is 10. The van der Waals surface area contributed by atoms with Gasteiger partial charge in [0.2, 0.25) is 11.8 Å². The highest BCUT2D eigenvalue weighted by Crippen LogP contribution is 2.34. The number of aromatic amines is 1. The number of hydrogen-bond donors (Lipinski definition) is 4. The van der Waals surface area contributed by atoms with E-state index in [0.717, 1.165) is 23.7 Å². The van der Waals surface area contributed by atoms with Gasteiger partial charge in [-0.1, -0.05) is 18.9 Å². The number of H-pyrrole nitrogens is 1. The van der Waals surface area contributed by atoms with E-state index in [9.17, 15) is 19.2 Å². The number of ether oxygens (including phenoxy) is 2. The lowest BCUT2D eigenvalue weighted by atomic mass is 9.97. The first-order valence-electron chi connectivity index (χ1n) is 11.5. The second-order valence-electron chi connectivity index (χ2n) is 8.91. The molecule has 2 aromatic rings. The van der Waals surface area contributed by atoms with Gasteiger partial charge < -0.3 is 30.4 Å². The largest absolute Gasteiger partial charge is 0.496 e. The molecule has 34 heavy (non-hydrogen) atoms. The van der Waals surface area contributed by atoms with E-state index in [1.165, 1.54) is 7.11 Å². The first-order valence-corrected chi connectivity index (χ1v) is 11.5. The van der Waals surface area contributed by atoms with Crippen LogP contribution in [0.4, 0.5) is 0 Å². The second-order valence-corrected chi connectivity index (χ2v) is 8.91. The average molecular weight is 471 g/mol. The highest BCUT2D eigenvalue weighted by atomic mass is 16.5. The van der Waals surface area contributed by atoms with E-state index in [1.54, 1.807) is 19.2 Å². The third-order valence-corrected chi connectivity index (χ3v) is 6.46. The average Bonchev–Trinajstić information content (AvgIpc) is 3.39. The normalized spacial score (nSPS) is 19.2. The van der Waals surface area contributed by atoms with Crippen molar-refractivity contribution in [2.75, 3.05) is 20.8 Å². The number of amides is 3. The van der Waals surface area contributed by atoms with Crippen LogP contribution in [0.1, 0.15) is 42.6 Å². The third kappa shape index (κ3) is 5.32. The highest BCUT2D eigenvalue weighted by Gasteiger charge is 2.35. The van der Waals surface area contributed by atoms with Crippen LogP contribution >= 0.6 is 0 Å². The molecule has 4 rings (SSSR count). The summed E-state index contributed by atoms with van der Waals surface area (Å²) in [6.07, 6.45) is 3.20. The minimum atomic E-state index is -0.970. The van der Waals surface area contributed by atoms with Gasteiger partial charge in [0, 0.05) is 23.4 Å². The second kappa shape index (κ2) is 10.1. The van der Waals surface area contributed by atoms with Crippen LogP contribution in [0.3, 0.4) is 0 Å². The lowest BCUT2D eigenvalue weighted by molar-refractivity contribution is -0.146. The van der Waals surface area contributed by atoms with E-state index in [1.807, 2.05) is 12.1 Å². The monoisotopic (exact) mass is 470 g/mol. The van der Waals surface area contributed by atoms with Crippen molar-refractivity contribution in [2.24, 2.45) is 11.8 Å². The molecule has 3 atom stereocenters. The third-order valence-electron chi connectivity index (χ3n) is 6.46. The molecule has 2 aliphatic rings. The fourth-order valence-electron chi connectivity index (χ4n) is 4.37. The van der Waals surface area contributed by atoms with Gasteiger partial charge in [0.15, 0.2) is 0 Å². The van der Waals surface area contributed by atoms with Crippen LogP contribution in [0, 0.1) is 11.8 Å². The molecule has 2 heterocycles. The number of fused-ring (bicyclic) bond motifs is 1. The van der Waals surface area contributed by atoms with Gasteiger partial charge >= 0.3 is 5.97 Å². The zero-order valence-corrected chi connectivity index (χ0v) is 19.3. The molecule has 182 valence electrons. The summed E-state index contributed by atoms with van der Waals surface area (Å²) in [5.74, 6) is -1.05. The van der Waals surface area contributed by atoms with Crippen LogP contribution in [0.15, 0.2) is 24.3 Å². The molecule has 1 aliphatic heterocycles. The Bertz CT molecular complexity index is 1090. The first-order chi connectivity index (χ1) is 16.4. The van der Waals surface area contributed by atoms with Gasteiger partial charge in [0.1, 0.15) is 23.5 Å². The number of hydrogen-bond acceptors (Lipinski definition) is 6. The number of benzene rings is 1. The molecular formula is C24H30N4O6. The molecule has 2 unspecified atom stereocenters. The Morgan fingerprint density at radius 3 is 2.53 bits per heavy atom. The quantitative estimate of drug-likeness (QED) is 0.386. The summed E-state index contributed by atoms with van der Waals surface area (Å²) in [4.78, 5) is 53.6. The van der Waals surface area contributed by atoms with E-state index >= 15 is 0 Å². The van der Waals surface area contributed by atoms with Gasteiger partial charge in [-0.25, -0.2) is 4.79 Å². The summed E-state index contributed by atoms with van der Waals surface area (Å²) in [6.45, 7) is 0.543. The number of carbonyl (C=O) groups is 4. The predicted molar refractivity (Wildman–Crippen MR) is 123 cm³/mol. The minimum absolute atomic E-state index is 0.139. The molecule has 0 spiro atoms. The SMILES string of the molecule is COC(=O)C(C[C@@H]1CCNC1=O)NC(=O)C(CC1CC1)NC(=O)c1cc2c(OC)cccc2[nH]1. The smallest absolute Gasteiger partial charge is 0.328 e. The van der Waals surface area contributed by atoms with Crippen LogP contribution in [0.25, 0.3) is 10.9 Å². The molecule has 0 bridgehead atoms. The molecule has 1 aliphatic carbocycles. The summed E-state index contributed by atoms with van der Waals surface area (Å²) in [6, 6.07) is 5.36. The zero-order valence-electron chi connectivity index (χ0n) is 19.3. The molecule has 1 aromatic carbocycles. The van der Waals surface area contributed by atoms with Crippen molar-refractivity contribution >= 4 is 34.6 Å². The van der Waals surface area contributed by atoms with E-state index in [-0.39, 0.29) is 18.2 Å². The Kier molecular flexibility index (Phi) is 7.04. The van der Waals surface area contributed by atoms with Crippen LogP contribution in [0.5, 0.6) is 5.75 Å². The Labute approximate surface area is 197 Å². The fraction of sp³-hybridized carbons (Fsp3) is 0.500. The molecule has 0 radical (unpaired) electrons. The van der Waals surface area contributed by atoms with Gasteiger partial charge in [0.05, 0.1) is 14.2 Å². The van der Waals surface area contributed by atoms with Gasteiger partial charge in [0.25, 0.3) is 5.91 Å². The summed E-state index contributed by atoms with van der Waals surface area (Å²) in [5.41, 5.74) is 1.05. The predicted octanol–water partition coefficient (Wildman–Crippen LogP) is 1.26. The highest BCUT2D eigenvalue weighted by molar-refractivity contribution is 6.01. The molecule has 1 aromatic heterocycles. The summed E-state index contributed by atoms with van der Waals surface area (Å²) >= 11 is 0. The van der Waals surface area contributed by atoms with E-state index in [0.29, 0.717) is 36.7 Å². The molecule has 4 N–H and O–H groups in total. The first kappa shape index (κ1) is 23.6. The van der Waals surface area contributed by atoms with Crippen molar-refractivity contribution in [1.82, 2.24) is 20.9 Å². The molecule has 3 amide bonds. The van der Waals surface area contributed by atoms with Crippen LogP contribution < -0.4 is 20.7 Å².